The van der Waals surface area contributed by atoms with E-state index in [1.807, 2.05) is 7.11 Å². The van der Waals surface area contributed by atoms with E-state index in [1.165, 1.54) is 45.3 Å². The van der Waals surface area contributed by atoms with Gasteiger partial charge in [0.25, 0.3) is 0 Å². The standard InChI is InChI=1S/C13H26BrNO/c1-3-5-12(8-14)9-15-7-4-6-13(10-15)11-16-2/h12-13H,3-11H2,1-2H3. The Bertz CT molecular complexity index is 175. The van der Waals surface area contributed by atoms with Gasteiger partial charge in [0.15, 0.2) is 0 Å². The van der Waals surface area contributed by atoms with Crippen molar-refractivity contribution in [1.29, 1.82) is 0 Å². The first-order chi connectivity index (χ1) is 7.80. The molecular formula is C13H26BrNO. The van der Waals surface area contributed by atoms with E-state index in [-0.39, 0.29) is 0 Å². The molecule has 1 fully saturated rings. The summed E-state index contributed by atoms with van der Waals surface area (Å²) in [6.45, 7) is 7.00. The molecule has 2 atom stereocenters. The molecule has 1 heterocycles. The van der Waals surface area contributed by atoms with E-state index >= 15 is 0 Å². The van der Waals surface area contributed by atoms with E-state index in [4.69, 9.17) is 4.74 Å². The zero-order chi connectivity index (χ0) is 11.8. The first kappa shape index (κ1) is 14.5. The molecule has 96 valence electrons. The molecule has 0 aromatic carbocycles. The van der Waals surface area contributed by atoms with Crippen LogP contribution in [0.3, 0.4) is 0 Å². The van der Waals surface area contributed by atoms with Gasteiger partial charge >= 0.3 is 0 Å². The number of methoxy groups -OCH3 is 1. The van der Waals surface area contributed by atoms with E-state index < -0.39 is 0 Å². The second kappa shape index (κ2) is 8.48. The summed E-state index contributed by atoms with van der Waals surface area (Å²) < 4.78 is 5.27. The molecule has 0 radical (unpaired) electrons. The summed E-state index contributed by atoms with van der Waals surface area (Å²) in [5, 5.41) is 1.15. The molecule has 16 heavy (non-hydrogen) atoms. The minimum Gasteiger partial charge on any atom is -0.384 e. The van der Waals surface area contributed by atoms with Crippen LogP contribution in [0.1, 0.15) is 32.6 Å². The first-order valence-electron chi connectivity index (χ1n) is 6.57. The molecule has 0 saturated carbocycles. The predicted octanol–water partition coefficient (Wildman–Crippen LogP) is 3.16. The smallest absolute Gasteiger partial charge is 0.0502 e. The van der Waals surface area contributed by atoms with Crippen LogP contribution in [-0.4, -0.2) is 43.6 Å². The van der Waals surface area contributed by atoms with Gasteiger partial charge < -0.3 is 9.64 Å². The van der Waals surface area contributed by atoms with Crippen LogP contribution < -0.4 is 0 Å². The van der Waals surface area contributed by atoms with Gasteiger partial charge in [-0.3, -0.25) is 0 Å². The van der Waals surface area contributed by atoms with Crippen molar-refractivity contribution in [1.82, 2.24) is 4.90 Å². The van der Waals surface area contributed by atoms with Crippen molar-refractivity contribution in [2.45, 2.75) is 32.6 Å². The summed E-state index contributed by atoms with van der Waals surface area (Å²) in [6, 6.07) is 0. The molecule has 1 saturated heterocycles. The van der Waals surface area contributed by atoms with Crippen molar-refractivity contribution in [2.75, 3.05) is 38.7 Å². The number of rotatable bonds is 7. The van der Waals surface area contributed by atoms with Crippen LogP contribution in [0, 0.1) is 11.8 Å². The van der Waals surface area contributed by atoms with E-state index in [0.29, 0.717) is 0 Å². The van der Waals surface area contributed by atoms with Crippen molar-refractivity contribution < 1.29 is 4.74 Å². The lowest BCUT2D eigenvalue weighted by Gasteiger charge is -2.34. The van der Waals surface area contributed by atoms with Gasteiger partial charge in [-0.1, -0.05) is 29.3 Å². The fraction of sp³-hybridized carbons (Fsp3) is 1.00. The van der Waals surface area contributed by atoms with Gasteiger partial charge in [0.2, 0.25) is 0 Å². The van der Waals surface area contributed by atoms with Gasteiger partial charge in [-0.05, 0) is 37.6 Å². The molecule has 0 aromatic heterocycles. The molecule has 0 amide bonds. The number of piperidine rings is 1. The normalized spacial score (nSPS) is 24.6. The number of hydrogen-bond donors (Lipinski definition) is 0. The Balaban J connectivity index is 2.29. The quantitative estimate of drug-likeness (QED) is 0.668. The Labute approximate surface area is 109 Å². The minimum absolute atomic E-state index is 0.761. The molecule has 3 heteroatoms. The molecular weight excluding hydrogens is 266 g/mol. The minimum atomic E-state index is 0.761. The Morgan fingerprint density at radius 3 is 2.94 bits per heavy atom. The maximum absolute atomic E-state index is 5.27. The van der Waals surface area contributed by atoms with Crippen molar-refractivity contribution >= 4 is 15.9 Å². The van der Waals surface area contributed by atoms with Crippen molar-refractivity contribution in [3.05, 3.63) is 0 Å². The molecule has 1 rings (SSSR count). The van der Waals surface area contributed by atoms with Crippen molar-refractivity contribution in [3.8, 4) is 0 Å². The predicted molar refractivity (Wildman–Crippen MR) is 73.2 cm³/mol. The topological polar surface area (TPSA) is 12.5 Å². The highest BCUT2D eigenvalue weighted by Crippen LogP contribution is 2.19. The fourth-order valence-corrected chi connectivity index (χ4v) is 3.21. The lowest BCUT2D eigenvalue weighted by Crippen LogP contribution is -2.40. The third kappa shape index (κ3) is 5.15. The lowest BCUT2D eigenvalue weighted by atomic mass is 9.97. The second-order valence-corrected chi connectivity index (χ2v) is 5.68. The van der Waals surface area contributed by atoms with Gasteiger partial charge in [0.1, 0.15) is 0 Å². The van der Waals surface area contributed by atoms with Crippen molar-refractivity contribution in [2.24, 2.45) is 11.8 Å². The molecule has 0 spiro atoms. The second-order valence-electron chi connectivity index (χ2n) is 5.03. The highest BCUT2D eigenvalue weighted by atomic mass is 79.9. The van der Waals surface area contributed by atoms with Crippen LogP contribution in [0.15, 0.2) is 0 Å². The van der Waals surface area contributed by atoms with E-state index in [0.717, 1.165) is 23.8 Å². The monoisotopic (exact) mass is 291 g/mol. The maximum Gasteiger partial charge on any atom is 0.0502 e. The van der Waals surface area contributed by atoms with E-state index in [1.54, 1.807) is 0 Å². The highest BCUT2D eigenvalue weighted by molar-refractivity contribution is 9.09. The van der Waals surface area contributed by atoms with E-state index in [9.17, 15) is 0 Å². The average molecular weight is 292 g/mol. The third-order valence-electron chi connectivity index (χ3n) is 3.44. The molecule has 0 N–H and O–H groups in total. The zero-order valence-corrected chi connectivity index (χ0v) is 12.3. The molecule has 0 aromatic rings. The van der Waals surface area contributed by atoms with Gasteiger partial charge in [-0.15, -0.1) is 0 Å². The Hall–Kier alpha value is 0.400. The molecule has 0 bridgehead atoms. The Kier molecular flexibility index (Phi) is 7.67. The number of likely N-dealkylation sites (tertiary alicyclic amines) is 1. The average Bonchev–Trinajstić information content (AvgIpc) is 2.29. The molecule has 0 aliphatic carbocycles. The third-order valence-corrected chi connectivity index (χ3v) is 4.35. The Morgan fingerprint density at radius 1 is 1.50 bits per heavy atom. The molecule has 2 unspecified atom stereocenters. The van der Waals surface area contributed by atoms with Crippen LogP contribution in [0.5, 0.6) is 0 Å². The SMILES string of the molecule is CCCC(CBr)CN1CCCC(COC)C1. The summed E-state index contributed by atoms with van der Waals surface area (Å²) in [6.07, 6.45) is 5.33. The number of hydrogen-bond acceptors (Lipinski definition) is 2. The van der Waals surface area contributed by atoms with Gasteiger partial charge in [0.05, 0.1) is 6.61 Å². The van der Waals surface area contributed by atoms with Crippen LogP contribution in [-0.2, 0) is 4.74 Å². The molecule has 1 aliphatic heterocycles. The molecule has 1 aliphatic rings. The van der Waals surface area contributed by atoms with Crippen LogP contribution >= 0.6 is 15.9 Å². The summed E-state index contributed by atoms with van der Waals surface area (Å²) in [5.74, 6) is 1.59. The zero-order valence-electron chi connectivity index (χ0n) is 10.8. The summed E-state index contributed by atoms with van der Waals surface area (Å²) >= 11 is 3.64. The lowest BCUT2D eigenvalue weighted by molar-refractivity contribution is 0.0836. The number of halogens is 1. The highest BCUT2D eigenvalue weighted by Gasteiger charge is 2.21. The number of ether oxygens (including phenoxy) is 1. The number of alkyl halides is 1. The van der Waals surface area contributed by atoms with Gasteiger partial charge in [-0.2, -0.15) is 0 Å². The summed E-state index contributed by atoms with van der Waals surface area (Å²) in [7, 11) is 1.82. The summed E-state index contributed by atoms with van der Waals surface area (Å²) in [4.78, 5) is 2.63. The number of nitrogens with zero attached hydrogens (tertiary/aromatic N) is 1. The summed E-state index contributed by atoms with van der Waals surface area (Å²) in [5.41, 5.74) is 0. The Morgan fingerprint density at radius 2 is 2.31 bits per heavy atom. The van der Waals surface area contributed by atoms with Crippen LogP contribution in [0.4, 0.5) is 0 Å². The maximum atomic E-state index is 5.27. The van der Waals surface area contributed by atoms with Crippen LogP contribution in [0.25, 0.3) is 0 Å². The molecule has 2 nitrogen and oxygen atoms in total. The first-order valence-corrected chi connectivity index (χ1v) is 7.69. The van der Waals surface area contributed by atoms with Crippen molar-refractivity contribution in [3.63, 3.8) is 0 Å². The van der Waals surface area contributed by atoms with E-state index in [2.05, 4.69) is 27.8 Å². The fourth-order valence-electron chi connectivity index (χ4n) is 2.68. The largest absolute Gasteiger partial charge is 0.384 e. The van der Waals surface area contributed by atoms with Gasteiger partial charge in [0, 0.05) is 25.5 Å². The van der Waals surface area contributed by atoms with Crippen LogP contribution in [0.2, 0.25) is 0 Å². The van der Waals surface area contributed by atoms with Gasteiger partial charge in [-0.25, -0.2) is 0 Å².